The Balaban J connectivity index is 2.92. The van der Waals surface area contributed by atoms with E-state index in [9.17, 15) is 4.79 Å². The van der Waals surface area contributed by atoms with Gasteiger partial charge in [-0.1, -0.05) is 0 Å². The summed E-state index contributed by atoms with van der Waals surface area (Å²) in [6.07, 6.45) is 4.43. The highest BCUT2D eigenvalue weighted by atomic mass is 16.1. The lowest BCUT2D eigenvalue weighted by Crippen LogP contribution is -1.91. The number of aromatic nitrogens is 2. The number of Topliss-reactive ketones (excluding diaryl/α,β-unsaturated/α-hetero) is 1. The van der Waals surface area contributed by atoms with Crippen LogP contribution in [0.2, 0.25) is 0 Å². The topological polar surface area (TPSA) is 69.6 Å². The summed E-state index contributed by atoms with van der Waals surface area (Å²) in [6.45, 7) is 3.27. The lowest BCUT2D eigenvalue weighted by atomic mass is 10.3. The number of carbonyl (C=O) groups excluding carboxylic acids is 1. The number of nitrogens with zero attached hydrogens (tertiary/aromatic N) is 1. The van der Waals surface area contributed by atoms with Crippen LogP contribution in [0.5, 0.6) is 0 Å². The van der Waals surface area contributed by atoms with Crippen molar-refractivity contribution in [3.63, 3.8) is 0 Å². The van der Waals surface area contributed by atoms with Crippen LogP contribution < -0.4 is 0 Å². The molecule has 0 amide bonds. The first-order chi connectivity index (χ1) is 6.13. The van der Waals surface area contributed by atoms with Crippen molar-refractivity contribution in [1.82, 2.24) is 9.97 Å². The van der Waals surface area contributed by atoms with Crippen LogP contribution in [0.4, 0.5) is 0 Å². The smallest absolute Gasteiger partial charge is 0.177 e. The number of carbonyl (C=O) groups is 1. The molecule has 2 N–H and O–H groups in total. The van der Waals surface area contributed by atoms with E-state index < -0.39 is 0 Å². The van der Waals surface area contributed by atoms with Crippen LogP contribution in [-0.2, 0) is 0 Å². The lowest BCUT2D eigenvalue weighted by Gasteiger charge is -1.88. The summed E-state index contributed by atoms with van der Waals surface area (Å²) in [7, 11) is 0. The number of nitrogens with one attached hydrogen (secondary N) is 2. The van der Waals surface area contributed by atoms with Crippen molar-refractivity contribution in [2.24, 2.45) is 0 Å². The minimum atomic E-state index is -0.0420. The van der Waals surface area contributed by atoms with Crippen LogP contribution in [0.25, 0.3) is 6.08 Å². The quantitative estimate of drug-likeness (QED) is 0.544. The molecule has 0 bridgehead atoms. The van der Waals surface area contributed by atoms with Crippen molar-refractivity contribution in [2.45, 2.75) is 13.8 Å². The van der Waals surface area contributed by atoms with Crippen molar-refractivity contribution >= 4 is 18.1 Å². The van der Waals surface area contributed by atoms with Crippen molar-refractivity contribution in [2.75, 3.05) is 0 Å². The lowest BCUT2D eigenvalue weighted by molar-refractivity contribution is 0.101. The Kier molecular flexibility index (Phi) is 2.74. The summed E-state index contributed by atoms with van der Waals surface area (Å²) in [6, 6.07) is 0. The van der Waals surface area contributed by atoms with E-state index in [1.54, 1.807) is 13.0 Å². The summed E-state index contributed by atoms with van der Waals surface area (Å²) in [5.74, 6) is 0.561. The molecule has 4 heteroatoms. The standard InChI is InChI=1S/C9H11N3O/c1-6(4-10)3-9-11-5-8(12-9)7(2)13/h3-5,10H,1-2H3,(H,11,12)/b6-3-,10-4?. The molecule has 0 radical (unpaired) electrons. The monoisotopic (exact) mass is 177 g/mol. The Labute approximate surface area is 76.2 Å². The third-order valence-electron chi connectivity index (χ3n) is 1.57. The van der Waals surface area contributed by atoms with E-state index in [1.165, 1.54) is 19.3 Å². The number of imidazole rings is 1. The number of H-pyrrole nitrogens is 1. The van der Waals surface area contributed by atoms with Gasteiger partial charge in [0.1, 0.15) is 11.5 Å². The van der Waals surface area contributed by atoms with Crippen LogP contribution in [0.1, 0.15) is 30.2 Å². The fourth-order valence-corrected chi connectivity index (χ4v) is 0.846. The van der Waals surface area contributed by atoms with Crippen molar-refractivity contribution in [1.29, 1.82) is 5.41 Å². The molecule has 13 heavy (non-hydrogen) atoms. The van der Waals surface area contributed by atoms with Crippen LogP contribution in [0.3, 0.4) is 0 Å². The largest absolute Gasteiger partial charge is 0.336 e. The fourth-order valence-electron chi connectivity index (χ4n) is 0.846. The maximum absolute atomic E-state index is 10.9. The van der Waals surface area contributed by atoms with E-state index in [4.69, 9.17) is 5.41 Å². The summed E-state index contributed by atoms with van der Waals surface area (Å²) >= 11 is 0. The van der Waals surface area contributed by atoms with E-state index in [-0.39, 0.29) is 5.78 Å². The van der Waals surface area contributed by atoms with Crippen LogP contribution in [-0.4, -0.2) is 22.0 Å². The second-order valence-electron chi connectivity index (χ2n) is 2.77. The molecule has 0 atom stereocenters. The third kappa shape index (κ3) is 2.37. The molecule has 0 fully saturated rings. The van der Waals surface area contributed by atoms with Gasteiger partial charge in [-0.25, -0.2) is 4.98 Å². The number of rotatable bonds is 3. The van der Waals surface area contributed by atoms with Gasteiger partial charge in [0.05, 0.1) is 6.20 Å². The van der Waals surface area contributed by atoms with E-state index >= 15 is 0 Å². The zero-order valence-electron chi connectivity index (χ0n) is 7.59. The van der Waals surface area contributed by atoms with Gasteiger partial charge in [0.25, 0.3) is 0 Å². The molecule has 0 unspecified atom stereocenters. The Morgan fingerprint density at radius 1 is 1.62 bits per heavy atom. The number of hydrogen-bond acceptors (Lipinski definition) is 3. The highest BCUT2D eigenvalue weighted by molar-refractivity contribution is 5.92. The maximum Gasteiger partial charge on any atom is 0.177 e. The summed E-state index contributed by atoms with van der Waals surface area (Å²) in [5, 5.41) is 6.95. The van der Waals surface area contributed by atoms with Gasteiger partial charge in [-0.05, 0) is 18.6 Å². The summed E-state index contributed by atoms with van der Waals surface area (Å²) in [5.41, 5.74) is 1.27. The van der Waals surface area contributed by atoms with E-state index in [0.29, 0.717) is 11.5 Å². The van der Waals surface area contributed by atoms with Crippen LogP contribution in [0, 0.1) is 5.41 Å². The van der Waals surface area contributed by atoms with Gasteiger partial charge in [-0.2, -0.15) is 0 Å². The number of allylic oxidation sites excluding steroid dienone is 1. The van der Waals surface area contributed by atoms with Gasteiger partial charge in [-0.3, -0.25) is 4.79 Å². The van der Waals surface area contributed by atoms with Gasteiger partial charge in [0.2, 0.25) is 0 Å². The summed E-state index contributed by atoms with van der Waals surface area (Å²) in [4.78, 5) is 17.7. The Hall–Kier alpha value is -1.71. The van der Waals surface area contributed by atoms with Gasteiger partial charge in [0, 0.05) is 13.1 Å². The predicted octanol–water partition coefficient (Wildman–Crippen LogP) is 1.67. The Morgan fingerprint density at radius 3 is 2.77 bits per heavy atom. The number of ketones is 1. The SMILES string of the molecule is CC(=O)c1cnc(/C=C(/C)C=N)[nH]1. The molecule has 0 aliphatic heterocycles. The second kappa shape index (κ2) is 3.80. The molecule has 0 aliphatic carbocycles. The van der Waals surface area contributed by atoms with Crippen LogP contribution in [0.15, 0.2) is 11.8 Å². The normalized spacial score (nSPS) is 11.4. The molecular weight excluding hydrogens is 166 g/mol. The minimum absolute atomic E-state index is 0.0420. The minimum Gasteiger partial charge on any atom is -0.336 e. The highest BCUT2D eigenvalue weighted by Gasteiger charge is 2.01. The second-order valence-corrected chi connectivity index (χ2v) is 2.77. The number of aromatic amines is 1. The van der Waals surface area contributed by atoms with Crippen molar-refractivity contribution in [3.8, 4) is 0 Å². The average Bonchev–Trinajstić information content (AvgIpc) is 2.52. The van der Waals surface area contributed by atoms with Gasteiger partial charge in [0.15, 0.2) is 5.78 Å². The van der Waals surface area contributed by atoms with E-state index in [1.807, 2.05) is 0 Å². The summed E-state index contributed by atoms with van der Waals surface area (Å²) < 4.78 is 0. The molecular formula is C9H11N3O. The highest BCUT2D eigenvalue weighted by Crippen LogP contribution is 2.02. The molecule has 1 rings (SSSR count). The first kappa shape index (κ1) is 9.38. The molecule has 0 aromatic carbocycles. The van der Waals surface area contributed by atoms with E-state index in [2.05, 4.69) is 9.97 Å². The van der Waals surface area contributed by atoms with Gasteiger partial charge < -0.3 is 10.4 Å². The molecule has 1 heterocycles. The fraction of sp³-hybridized carbons (Fsp3) is 0.222. The molecule has 0 saturated carbocycles. The van der Waals surface area contributed by atoms with Crippen LogP contribution >= 0.6 is 0 Å². The molecule has 68 valence electrons. The van der Waals surface area contributed by atoms with Gasteiger partial charge in [-0.15, -0.1) is 0 Å². The Morgan fingerprint density at radius 2 is 2.31 bits per heavy atom. The average molecular weight is 177 g/mol. The first-order valence-corrected chi connectivity index (χ1v) is 3.88. The molecule has 0 spiro atoms. The third-order valence-corrected chi connectivity index (χ3v) is 1.57. The number of hydrogen-bond donors (Lipinski definition) is 2. The molecule has 0 aliphatic rings. The Bertz CT molecular complexity index is 363. The van der Waals surface area contributed by atoms with Crippen molar-refractivity contribution < 1.29 is 4.79 Å². The molecule has 4 nitrogen and oxygen atoms in total. The van der Waals surface area contributed by atoms with Gasteiger partial charge >= 0.3 is 0 Å². The van der Waals surface area contributed by atoms with Crippen molar-refractivity contribution in [3.05, 3.63) is 23.3 Å². The van der Waals surface area contributed by atoms with E-state index in [0.717, 1.165) is 5.57 Å². The molecule has 1 aromatic heterocycles. The molecule has 0 saturated heterocycles. The first-order valence-electron chi connectivity index (χ1n) is 3.88. The zero-order chi connectivity index (χ0) is 9.84. The zero-order valence-corrected chi connectivity index (χ0v) is 7.59. The molecule has 1 aromatic rings. The maximum atomic E-state index is 10.9. The predicted molar refractivity (Wildman–Crippen MR) is 51.0 cm³/mol.